The Morgan fingerprint density at radius 2 is 2.06 bits per heavy atom. The number of rotatable bonds is 8. The van der Waals surface area contributed by atoms with Crippen molar-refractivity contribution in [1.29, 1.82) is 0 Å². The predicted octanol–water partition coefficient (Wildman–Crippen LogP) is 3.13. The molecule has 0 amide bonds. The van der Waals surface area contributed by atoms with Gasteiger partial charge in [-0.2, -0.15) is 0 Å². The van der Waals surface area contributed by atoms with Crippen molar-refractivity contribution in [1.82, 2.24) is 9.88 Å². The van der Waals surface area contributed by atoms with E-state index in [2.05, 4.69) is 5.32 Å². The Labute approximate surface area is 179 Å². The minimum atomic E-state index is -0.925. The van der Waals surface area contributed by atoms with Crippen molar-refractivity contribution in [2.24, 2.45) is 0 Å². The minimum Gasteiger partial charge on any atom is -0.496 e. The molecule has 0 aliphatic heterocycles. The van der Waals surface area contributed by atoms with Crippen molar-refractivity contribution in [3.63, 3.8) is 0 Å². The molecule has 4 rings (SSSR count). The van der Waals surface area contributed by atoms with Gasteiger partial charge >= 0.3 is 5.97 Å². The van der Waals surface area contributed by atoms with Crippen molar-refractivity contribution in [3.05, 3.63) is 65.1 Å². The van der Waals surface area contributed by atoms with E-state index in [0.29, 0.717) is 18.6 Å². The lowest BCUT2D eigenvalue weighted by Gasteiger charge is -2.25. The van der Waals surface area contributed by atoms with E-state index < -0.39 is 5.97 Å². The normalized spacial score (nSPS) is 15.6. The maximum Gasteiger partial charge on any atom is 0.323 e. The molecule has 6 nitrogen and oxygen atoms in total. The van der Waals surface area contributed by atoms with E-state index in [4.69, 9.17) is 4.74 Å². The lowest BCUT2D eigenvalue weighted by atomic mass is 9.91. The Kier molecular flexibility index (Phi) is 6.04. The van der Waals surface area contributed by atoms with Crippen LogP contribution in [0.4, 0.5) is 4.39 Å². The van der Waals surface area contributed by atoms with E-state index >= 15 is 0 Å². The number of hydrogen-bond donors (Lipinski definition) is 2. The molecule has 0 bridgehead atoms. The van der Waals surface area contributed by atoms with E-state index in [9.17, 15) is 19.1 Å². The number of aliphatic carboxylic acids is 1. The number of benzene rings is 2. The summed E-state index contributed by atoms with van der Waals surface area (Å²) < 4.78 is 21.0. The number of hydrogen-bond acceptors (Lipinski definition) is 4. The van der Waals surface area contributed by atoms with Gasteiger partial charge in [0.25, 0.3) is 0 Å². The van der Waals surface area contributed by atoms with Crippen LogP contribution in [0.5, 0.6) is 5.75 Å². The van der Waals surface area contributed by atoms with Crippen molar-refractivity contribution >= 4 is 22.7 Å². The number of Topliss-reactive ketones (excluding diaryl/α,β-unsaturated/α-hetero) is 1. The fourth-order valence-electron chi connectivity index (χ4n) is 4.49. The number of carboxylic acid groups (broad SMARTS) is 1. The highest BCUT2D eigenvalue weighted by Gasteiger charge is 2.26. The molecule has 2 aromatic carbocycles. The Morgan fingerprint density at radius 1 is 1.26 bits per heavy atom. The van der Waals surface area contributed by atoms with E-state index in [0.717, 1.165) is 34.1 Å². The quantitative estimate of drug-likeness (QED) is 0.581. The van der Waals surface area contributed by atoms with Gasteiger partial charge in [0.05, 0.1) is 13.7 Å². The number of ether oxygens (including phenoxy) is 1. The van der Waals surface area contributed by atoms with Crippen LogP contribution < -0.4 is 10.1 Å². The van der Waals surface area contributed by atoms with Crippen LogP contribution in [0.2, 0.25) is 0 Å². The Bertz CT molecular complexity index is 1140. The van der Waals surface area contributed by atoms with Gasteiger partial charge in [0.2, 0.25) is 0 Å². The summed E-state index contributed by atoms with van der Waals surface area (Å²) in [4.78, 5) is 23.9. The van der Waals surface area contributed by atoms with Gasteiger partial charge in [-0.25, -0.2) is 4.39 Å². The summed E-state index contributed by atoms with van der Waals surface area (Å²) in [6, 6.07) is 12.0. The maximum atomic E-state index is 13.9. The summed E-state index contributed by atoms with van der Waals surface area (Å²) in [5.41, 5.74) is 3.51. The topological polar surface area (TPSA) is 80.6 Å². The smallest absolute Gasteiger partial charge is 0.323 e. The number of nitrogens with one attached hydrogen (secondary N) is 1. The van der Waals surface area contributed by atoms with E-state index in [1.165, 1.54) is 12.1 Å². The molecular formula is C24H25FN2O4. The first kappa shape index (κ1) is 21.1. The third-order valence-electron chi connectivity index (χ3n) is 5.89. The van der Waals surface area contributed by atoms with Gasteiger partial charge in [-0.3, -0.25) is 9.59 Å². The highest BCUT2D eigenvalue weighted by molar-refractivity contribution is 5.87. The van der Waals surface area contributed by atoms with Crippen molar-refractivity contribution in [3.8, 4) is 5.75 Å². The molecule has 31 heavy (non-hydrogen) atoms. The van der Waals surface area contributed by atoms with Gasteiger partial charge in [0, 0.05) is 34.6 Å². The average molecular weight is 424 g/mol. The molecule has 7 heteroatoms. The second-order valence-electron chi connectivity index (χ2n) is 7.91. The van der Waals surface area contributed by atoms with Crippen LogP contribution in [-0.4, -0.2) is 41.1 Å². The zero-order chi connectivity index (χ0) is 22.0. The number of nitrogens with zero attached hydrogens (tertiary/aromatic N) is 1. The first-order valence-corrected chi connectivity index (χ1v) is 10.3. The van der Waals surface area contributed by atoms with Gasteiger partial charge in [0.1, 0.15) is 18.1 Å². The van der Waals surface area contributed by atoms with Crippen molar-refractivity contribution in [2.45, 2.75) is 38.3 Å². The molecular weight excluding hydrogens is 399 g/mol. The van der Waals surface area contributed by atoms with E-state index in [1.807, 2.05) is 24.3 Å². The zero-order valence-corrected chi connectivity index (χ0v) is 17.4. The van der Waals surface area contributed by atoms with Crippen LogP contribution in [0.1, 0.15) is 23.2 Å². The highest BCUT2D eigenvalue weighted by Crippen LogP contribution is 2.33. The molecule has 1 atom stereocenters. The molecule has 0 unspecified atom stereocenters. The molecule has 1 heterocycles. The lowest BCUT2D eigenvalue weighted by molar-refractivity contribution is -0.137. The summed E-state index contributed by atoms with van der Waals surface area (Å²) in [5, 5.41) is 13.4. The van der Waals surface area contributed by atoms with Crippen LogP contribution in [0.3, 0.4) is 0 Å². The molecule has 0 spiro atoms. The molecule has 2 N–H and O–H groups in total. The Morgan fingerprint density at radius 3 is 2.84 bits per heavy atom. The van der Waals surface area contributed by atoms with Crippen molar-refractivity contribution < 1.29 is 23.8 Å². The van der Waals surface area contributed by atoms with Crippen LogP contribution in [0.15, 0.2) is 42.5 Å². The first-order valence-electron chi connectivity index (χ1n) is 10.3. The molecule has 0 radical (unpaired) electrons. The maximum absolute atomic E-state index is 13.9. The third kappa shape index (κ3) is 4.46. The summed E-state index contributed by atoms with van der Waals surface area (Å²) in [6.45, 7) is 0.0904. The monoisotopic (exact) mass is 424 g/mol. The number of ketones is 1. The zero-order valence-electron chi connectivity index (χ0n) is 17.4. The molecule has 1 aliphatic rings. The van der Waals surface area contributed by atoms with Gasteiger partial charge in [0.15, 0.2) is 5.78 Å². The number of carbonyl (C=O) groups is 2. The van der Waals surface area contributed by atoms with Crippen LogP contribution in [-0.2, 0) is 35.4 Å². The van der Waals surface area contributed by atoms with Gasteiger partial charge < -0.3 is 19.7 Å². The molecule has 0 fully saturated rings. The second-order valence-corrected chi connectivity index (χ2v) is 7.91. The standard InChI is InChI=1S/C24H25FN2O4/c1-31-23-5-3-2-4-15(23)10-18(28)13-26-17-7-9-22-20(12-17)19-11-16(25)6-8-21(19)27(22)14-24(29)30/h2-6,8,11,17,26H,7,9-10,12-14H2,1H3,(H,29,30)/t17-/m0/s1. The fraction of sp³-hybridized carbons (Fsp3) is 0.333. The number of halogens is 1. The van der Waals surface area contributed by atoms with Crippen molar-refractivity contribution in [2.75, 3.05) is 13.7 Å². The number of fused-ring (bicyclic) bond motifs is 3. The Balaban J connectivity index is 1.47. The fourth-order valence-corrected chi connectivity index (χ4v) is 4.49. The number of carbonyl (C=O) groups excluding carboxylic acids is 1. The highest BCUT2D eigenvalue weighted by atomic mass is 19.1. The summed E-state index contributed by atoms with van der Waals surface area (Å²) in [6.07, 6.45) is 2.38. The molecule has 1 aliphatic carbocycles. The first-order chi connectivity index (χ1) is 15.0. The SMILES string of the molecule is COc1ccccc1CC(=O)CN[C@H]1CCc2c(c3cc(F)ccc3n2CC(=O)O)C1. The largest absolute Gasteiger partial charge is 0.496 e. The molecule has 0 saturated carbocycles. The number of para-hydroxylation sites is 1. The number of carboxylic acids is 1. The Hall–Kier alpha value is -3.19. The summed E-state index contributed by atoms with van der Waals surface area (Å²) >= 11 is 0. The predicted molar refractivity (Wildman–Crippen MR) is 115 cm³/mol. The van der Waals surface area contributed by atoms with Gasteiger partial charge in [-0.1, -0.05) is 18.2 Å². The minimum absolute atomic E-state index is 0.0645. The molecule has 3 aromatic rings. The van der Waals surface area contributed by atoms with Crippen LogP contribution in [0, 0.1) is 5.82 Å². The van der Waals surface area contributed by atoms with Crippen LogP contribution in [0.25, 0.3) is 10.9 Å². The lowest BCUT2D eigenvalue weighted by Crippen LogP contribution is -2.38. The number of methoxy groups -OCH3 is 1. The molecule has 0 saturated heterocycles. The number of aromatic nitrogens is 1. The molecule has 162 valence electrons. The summed E-state index contributed by atoms with van der Waals surface area (Å²) in [5.74, 6) is -0.503. The van der Waals surface area contributed by atoms with Gasteiger partial charge in [-0.05, 0) is 49.1 Å². The third-order valence-corrected chi connectivity index (χ3v) is 5.89. The van der Waals surface area contributed by atoms with Crippen LogP contribution >= 0.6 is 0 Å². The average Bonchev–Trinajstić information content (AvgIpc) is 3.04. The second kappa shape index (κ2) is 8.89. The van der Waals surface area contributed by atoms with Gasteiger partial charge in [-0.15, -0.1) is 0 Å². The van der Waals surface area contributed by atoms with E-state index in [1.54, 1.807) is 17.7 Å². The molecule has 1 aromatic heterocycles. The van der Waals surface area contributed by atoms with E-state index in [-0.39, 0.29) is 37.2 Å². The summed E-state index contributed by atoms with van der Waals surface area (Å²) in [7, 11) is 1.59.